The third-order valence-corrected chi connectivity index (χ3v) is 3.62. The Kier molecular flexibility index (Phi) is 7.94. The number of nitrogens with one attached hydrogen (secondary N) is 2. The van der Waals surface area contributed by atoms with Crippen molar-refractivity contribution in [2.75, 3.05) is 33.4 Å². The van der Waals surface area contributed by atoms with Crippen molar-refractivity contribution in [3.63, 3.8) is 0 Å². The number of hydrogen-bond acceptors (Lipinski definition) is 3. The van der Waals surface area contributed by atoms with Crippen LogP contribution < -0.4 is 10.6 Å². The summed E-state index contributed by atoms with van der Waals surface area (Å²) in [5.74, 6) is 0.162. The molecule has 114 valence electrons. The van der Waals surface area contributed by atoms with Crippen LogP contribution in [0.25, 0.3) is 0 Å². The molecule has 1 saturated heterocycles. The molecule has 0 aromatic carbocycles. The molecule has 0 aromatic heterocycles. The van der Waals surface area contributed by atoms with Crippen LogP contribution in [0, 0.1) is 10.8 Å². The topological polar surface area (TPSA) is 50.4 Å². The van der Waals surface area contributed by atoms with E-state index in [-0.39, 0.29) is 29.1 Å². The third kappa shape index (κ3) is 6.11. The van der Waals surface area contributed by atoms with Crippen LogP contribution in [0.2, 0.25) is 0 Å². The molecule has 0 bridgehead atoms. The number of hydrogen-bond donors (Lipinski definition) is 2. The number of halogens is 1. The Hall–Kier alpha value is -0.320. The van der Waals surface area contributed by atoms with Gasteiger partial charge in [-0.25, -0.2) is 0 Å². The summed E-state index contributed by atoms with van der Waals surface area (Å²) in [4.78, 5) is 12.4. The smallest absolute Gasteiger partial charge is 0.228 e. The minimum atomic E-state index is -0.322. The molecule has 0 saturated carbocycles. The van der Waals surface area contributed by atoms with E-state index in [0.717, 1.165) is 38.9 Å². The molecule has 1 fully saturated rings. The highest BCUT2D eigenvalue weighted by Crippen LogP contribution is 2.29. The third-order valence-electron chi connectivity index (χ3n) is 3.62. The fourth-order valence-corrected chi connectivity index (χ4v) is 2.36. The molecule has 0 aliphatic carbocycles. The molecular formula is C14H29ClN2O2. The van der Waals surface area contributed by atoms with E-state index in [1.54, 1.807) is 7.11 Å². The maximum Gasteiger partial charge on any atom is 0.228 e. The number of ether oxygens (including phenoxy) is 1. The standard InChI is InChI=1S/C14H28N2O2.ClH/c1-13(2,3)5-10-16-12(17)14(11-18-4)6-8-15-9-7-14;/h15H,5-11H2,1-4H3,(H,16,17);1H. The first-order valence-electron chi connectivity index (χ1n) is 6.88. The van der Waals surface area contributed by atoms with Gasteiger partial charge in [-0.05, 0) is 37.8 Å². The molecule has 0 aromatic rings. The maximum atomic E-state index is 12.4. The lowest BCUT2D eigenvalue weighted by molar-refractivity contribution is -0.136. The van der Waals surface area contributed by atoms with Crippen LogP contribution >= 0.6 is 12.4 Å². The predicted octanol–water partition coefficient (Wildman–Crippen LogP) is 1.98. The van der Waals surface area contributed by atoms with E-state index in [0.29, 0.717) is 6.61 Å². The molecule has 2 N–H and O–H groups in total. The van der Waals surface area contributed by atoms with Crippen LogP contribution in [0.5, 0.6) is 0 Å². The average Bonchev–Trinajstić information content (AvgIpc) is 2.29. The minimum absolute atomic E-state index is 0. The highest BCUT2D eigenvalue weighted by atomic mass is 35.5. The number of amides is 1. The van der Waals surface area contributed by atoms with E-state index < -0.39 is 0 Å². The van der Waals surface area contributed by atoms with Gasteiger partial charge in [0.15, 0.2) is 0 Å². The van der Waals surface area contributed by atoms with Crippen molar-refractivity contribution in [1.29, 1.82) is 0 Å². The lowest BCUT2D eigenvalue weighted by atomic mass is 9.78. The maximum absolute atomic E-state index is 12.4. The number of carbonyl (C=O) groups is 1. The van der Waals surface area contributed by atoms with Crippen LogP contribution in [0.15, 0.2) is 0 Å². The fourth-order valence-electron chi connectivity index (χ4n) is 2.36. The Bertz CT molecular complexity index is 266. The SMILES string of the molecule is COCC1(C(=O)NCCC(C)(C)C)CCNCC1.Cl. The van der Waals surface area contributed by atoms with Crippen molar-refractivity contribution in [3.05, 3.63) is 0 Å². The quantitative estimate of drug-likeness (QED) is 0.815. The van der Waals surface area contributed by atoms with Crippen molar-refractivity contribution < 1.29 is 9.53 Å². The van der Waals surface area contributed by atoms with Gasteiger partial charge in [0, 0.05) is 13.7 Å². The van der Waals surface area contributed by atoms with Gasteiger partial charge < -0.3 is 15.4 Å². The molecule has 1 aliphatic heterocycles. The summed E-state index contributed by atoms with van der Waals surface area (Å²) in [6.45, 7) is 9.64. The van der Waals surface area contributed by atoms with Crippen molar-refractivity contribution >= 4 is 18.3 Å². The molecule has 0 atom stereocenters. The van der Waals surface area contributed by atoms with Crippen molar-refractivity contribution in [3.8, 4) is 0 Å². The molecule has 0 spiro atoms. The van der Waals surface area contributed by atoms with Gasteiger partial charge in [0.05, 0.1) is 12.0 Å². The molecule has 1 amide bonds. The number of piperidine rings is 1. The van der Waals surface area contributed by atoms with Crippen molar-refractivity contribution in [2.24, 2.45) is 10.8 Å². The van der Waals surface area contributed by atoms with Crippen LogP contribution in [-0.4, -0.2) is 39.3 Å². The van der Waals surface area contributed by atoms with E-state index in [9.17, 15) is 4.79 Å². The van der Waals surface area contributed by atoms with Gasteiger partial charge in [0.25, 0.3) is 0 Å². The van der Waals surface area contributed by atoms with E-state index in [1.807, 2.05) is 0 Å². The lowest BCUT2D eigenvalue weighted by Gasteiger charge is -2.35. The first-order valence-corrected chi connectivity index (χ1v) is 6.88. The van der Waals surface area contributed by atoms with Gasteiger partial charge in [-0.2, -0.15) is 0 Å². The summed E-state index contributed by atoms with van der Waals surface area (Å²) in [7, 11) is 1.67. The van der Waals surface area contributed by atoms with Gasteiger partial charge >= 0.3 is 0 Å². The second-order valence-electron chi connectivity index (χ2n) is 6.53. The Morgan fingerprint density at radius 1 is 1.32 bits per heavy atom. The Morgan fingerprint density at radius 3 is 2.37 bits per heavy atom. The lowest BCUT2D eigenvalue weighted by Crippen LogP contribution is -2.50. The van der Waals surface area contributed by atoms with Crippen LogP contribution in [0.4, 0.5) is 0 Å². The van der Waals surface area contributed by atoms with Gasteiger partial charge in [-0.15, -0.1) is 12.4 Å². The van der Waals surface area contributed by atoms with E-state index in [2.05, 4.69) is 31.4 Å². The summed E-state index contributed by atoms with van der Waals surface area (Å²) in [5, 5.41) is 6.39. The Balaban J connectivity index is 0.00000324. The zero-order valence-electron chi connectivity index (χ0n) is 12.7. The summed E-state index contributed by atoms with van der Waals surface area (Å²) in [6, 6.07) is 0. The van der Waals surface area contributed by atoms with Crippen molar-refractivity contribution in [2.45, 2.75) is 40.0 Å². The van der Waals surface area contributed by atoms with Gasteiger partial charge in [0.2, 0.25) is 5.91 Å². The molecule has 0 radical (unpaired) electrons. The number of methoxy groups -OCH3 is 1. The minimum Gasteiger partial charge on any atom is -0.384 e. The second-order valence-corrected chi connectivity index (χ2v) is 6.53. The molecule has 1 aliphatic rings. The Morgan fingerprint density at radius 2 is 1.89 bits per heavy atom. The van der Waals surface area contributed by atoms with E-state index in [4.69, 9.17) is 4.74 Å². The largest absolute Gasteiger partial charge is 0.384 e. The first-order chi connectivity index (χ1) is 8.40. The van der Waals surface area contributed by atoms with Crippen LogP contribution in [0.3, 0.4) is 0 Å². The van der Waals surface area contributed by atoms with Crippen molar-refractivity contribution in [1.82, 2.24) is 10.6 Å². The zero-order valence-corrected chi connectivity index (χ0v) is 13.5. The van der Waals surface area contributed by atoms with Crippen LogP contribution in [0.1, 0.15) is 40.0 Å². The fraction of sp³-hybridized carbons (Fsp3) is 0.929. The molecule has 1 heterocycles. The molecule has 19 heavy (non-hydrogen) atoms. The highest BCUT2D eigenvalue weighted by Gasteiger charge is 2.39. The monoisotopic (exact) mass is 292 g/mol. The van der Waals surface area contributed by atoms with Gasteiger partial charge in [-0.1, -0.05) is 20.8 Å². The molecule has 0 unspecified atom stereocenters. The molecule has 5 heteroatoms. The summed E-state index contributed by atoms with van der Waals surface area (Å²) in [5.41, 5.74) is -0.0618. The second kappa shape index (κ2) is 8.08. The first kappa shape index (κ1) is 18.7. The molecule has 1 rings (SSSR count). The van der Waals surface area contributed by atoms with Gasteiger partial charge in [-0.3, -0.25) is 4.79 Å². The van der Waals surface area contributed by atoms with Gasteiger partial charge in [0.1, 0.15) is 0 Å². The van der Waals surface area contributed by atoms with E-state index in [1.165, 1.54) is 0 Å². The summed E-state index contributed by atoms with van der Waals surface area (Å²) < 4.78 is 5.26. The molecular weight excluding hydrogens is 264 g/mol. The zero-order chi connectivity index (χ0) is 13.6. The predicted molar refractivity (Wildman–Crippen MR) is 80.7 cm³/mol. The summed E-state index contributed by atoms with van der Waals surface area (Å²) in [6.07, 6.45) is 2.73. The number of rotatable bonds is 5. The van der Waals surface area contributed by atoms with E-state index >= 15 is 0 Å². The average molecular weight is 293 g/mol. The Labute approximate surface area is 123 Å². The highest BCUT2D eigenvalue weighted by molar-refractivity contribution is 5.85. The number of carbonyl (C=O) groups excluding carboxylic acids is 1. The summed E-state index contributed by atoms with van der Waals surface area (Å²) >= 11 is 0. The van der Waals surface area contributed by atoms with Crippen LogP contribution in [-0.2, 0) is 9.53 Å². The molecule has 4 nitrogen and oxygen atoms in total. The normalized spacial score (nSPS) is 18.5.